The van der Waals surface area contributed by atoms with E-state index in [1.807, 2.05) is 18.2 Å². The molecule has 1 aliphatic rings. The van der Waals surface area contributed by atoms with Crippen LogP contribution in [0.5, 0.6) is 5.75 Å². The Morgan fingerprint density at radius 1 is 1.19 bits per heavy atom. The molecule has 3 rings (SSSR count). The fraction of sp³-hybridized carbons (Fsp3) is 0.294. The summed E-state index contributed by atoms with van der Waals surface area (Å²) in [5, 5.41) is 3.34. The van der Waals surface area contributed by atoms with E-state index in [0.29, 0.717) is 6.42 Å². The normalized spacial score (nSPS) is 17.4. The number of fused-ring (bicyclic) bond motifs is 1. The number of benzene rings is 2. The smallest absolute Gasteiger partial charge is 0.129 e. The average molecular weight is 289 g/mol. The zero-order valence-electron chi connectivity index (χ0n) is 11.8. The minimum Gasteiger partial charge on any atom is -0.497 e. The first kappa shape index (κ1) is 14.0. The van der Waals surface area contributed by atoms with E-state index in [9.17, 15) is 8.78 Å². The number of methoxy groups -OCH3 is 1. The molecule has 21 heavy (non-hydrogen) atoms. The van der Waals surface area contributed by atoms with E-state index in [4.69, 9.17) is 4.74 Å². The summed E-state index contributed by atoms with van der Waals surface area (Å²) in [5.41, 5.74) is 2.39. The summed E-state index contributed by atoms with van der Waals surface area (Å²) < 4.78 is 32.9. The van der Waals surface area contributed by atoms with Crippen molar-refractivity contribution in [3.05, 3.63) is 64.7 Å². The molecule has 1 aliphatic heterocycles. The topological polar surface area (TPSA) is 21.3 Å². The molecule has 0 saturated carbocycles. The van der Waals surface area contributed by atoms with Crippen LogP contribution in [-0.4, -0.2) is 13.7 Å². The van der Waals surface area contributed by atoms with Crippen LogP contribution in [0.25, 0.3) is 0 Å². The van der Waals surface area contributed by atoms with Crippen molar-refractivity contribution in [2.45, 2.75) is 18.9 Å². The number of hydrogen-bond donors (Lipinski definition) is 1. The van der Waals surface area contributed by atoms with Gasteiger partial charge in [-0.25, -0.2) is 8.78 Å². The van der Waals surface area contributed by atoms with E-state index in [1.165, 1.54) is 23.8 Å². The SMILES string of the molecule is COc1ccc2c(c1)C(Cc1c(F)cccc1F)NCC2. The molecular formula is C17H17F2NO. The summed E-state index contributed by atoms with van der Waals surface area (Å²) in [4.78, 5) is 0. The van der Waals surface area contributed by atoms with Crippen molar-refractivity contribution < 1.29 is 13.5 Å². The van der Waals surface area contributed by atoms with Crippen molar-refractivity contribution in [3.8, 4) is 5.75 Å². The van der Waals surface area contributed by atoms with Crippen molar-refractivity contribution in [2.24, 2.45) is 0 Å². The maximum atomic E-state index is 13.8. The molecule has 0 fully saturated rings. The first-order valence-electron chi connectivity index (χ1n) is 7.02. The summed E-state index contributed by atoms with van der Waals surface area (Å²) in [7, 11) is 1.61. The average Bonchev–Trinajstić information content (AvgIpc) is 2.50. The third-order valence-electron chi connectivity index (χ3n) is 3.98. The maximum Gasteiger partial charge on any atom is 0.129 e. The van der Waals surface area contributed by atoms with E-state index in [0.717, 1.165) is 24.3 Å². The van der Waals surface area contributed by atoms with Gasteiger partial charge in [-0.05, 0) is 54.8 Å². The second kappa shape index (κ2) is 5.82. The van der Waals surface area contributed by atoms with Gasteiger partial charge in [0.05, 0.1) is 7.11 Å². The number of nitrogens with one attached hydrogen (secondary N) is 1. The standard InChI is InChI=1S/C17H17F2NO/c1-21-12-6-5-11-7-8-20-17(13(11)9-12)10-14-15(18)3-2-4-16(14)19/h2-6,9,17,20H,7-8,10H2,1H3. The molecular weight excluding hydrogens is 272 g/mol. The number of rotatable bonds is 3. The third-order valence-corrected chi connectivity index (χ3v) is 3.98. The van der Waals surface area contributed by atoms with Gasteiger partial charge in [-0.15, -0.1) is 0 Å². The Labute approximate surface area is 122 Å². The lowest BCUT2D eigenvalue weighted by Gasteiger charge is -2.27. The molecule has 0 amide bonds. The van der Waals surface area contributed by atoms with Gasteiger partial charge in [0, 0.05) is 11.6 Å². The van der Waals surface area contributed by atoms with Crippen molar-refractivity contribution in [2.75, 3.05) is 13.7 Å². The quantitative estimate of drug-likeness (QED) is 0.935. The molecule has 4 heteroatoms. The van der Waals surface area contributed by atoms with Crippen LogP contribution in [0.2, 0.25) is 0 Å². The third kappa shape index (κ3) is 2.76. The van der Waals surface area contributed by atoms with Gasteiger partial charge in [0.2, 0.25) is 0 Å². The fourth-order valence-corrected chi connectivity index (χ4v) is 2.86. The minimum absolute atomic E-state index is 0.102. The Morgan fingerprint density at radius 3 is 2.67 bits per heavy atom. The van der Waals surface area contributed by atoms with E-state index in [1.54, 1.807) is 7.11 Å². The highest BCUT2D eigenvalue weighted by atomic mass is 19.1. The minimum atomic E-state index is -0.494. The van der Waals surface area contributed by atoms with Crippen molar-refractivity contribution in [1.29, 1.82) is 0 Å². The summed E-state index contributed by atoms with van der Waals surface area (Å²) in [6, 6.07) is 9.78. The largest absolute Gasteiger partial charge is 0.497 e. The number of ether oxygens (including phenoxy) is 1. The Balaban J connectivity index is 1.95. The molecule has 0 saturated heterocycles. The summed E-state index contributed by atoms with van der Waals surface area (Å²) in [6.07, 6.45) is 1.20. The van der Waals surface area contributed by atoms with Crippen molar-refractivity contribution in [1.82, 2.24) is 5.32 Å². The molecule has 0 aromatic heterocycles. The number of hydrogen-bond acceptors (Lipinski definition) is 2. The molecule has 0 radical (unpaired) electrons. The summed E-state index contributed by atoms with van der Waals surface area (Å²) in [6.45, 7) is 0.806. The lowest BCUT2D eigenvalue weighted by atomic mass is 9.90. The lowest BCUT2D eigenvalue weighted by molar-refractivity contribution is 0.410. The Bertz CT molecular complexity index is 637. The Hall–Kier alpha value is -1.94. The molecule has 0 bridgehead atoms. The first-order chi connectivity index (χ1) is 10.2. The van der Waals surface area contributed by atoms with Gasteiger partial charge in [-0.3, -0.25) is 0 Å². The predicted molar refractivity (Wildman–Crippen MR) is 77.5 cm³/mol. The molecule has 2 aromatic rings. The number of halogens is 2. The molecule has 1 heterocycles. The molecule has 1 atom stereocenters. The zero-order valence-corrected chi connectivity index (χ0v) is 11.8. The van der Waals surface area contributed by atoms with E-state index < -0.39 is 11.6 Å². The molecule has 1 unspecified atom stereocenters. The summed E-state index contributed by atoms with van der Waals surface area (Å²) in [5.74, 6) is -0.227. The van der Waals surface area contributed by atoms with Gasteiger partial charge in [0.25, 0.3) is 0 Å². The zero-order chi connectivity index (χ0) is 14.8. The van der Waals surface area contributed by atoms with E-state index >= 15 is 0 Å². The molecule has 0 spiro atoms. The highest BCUT2D eigenvalue weighted by molar-refractivity contribution is 5.40. The Morgan fingerprint density at radius 2 is 1.95 bits per heavy atom. The molecule has 2 aromatic carbocycles. The van der Waals surface area contributed by atoms with E-state index in [-0.39, 0.29) is 11.6 Å². The van der Waals surface area contributed by atoms with Gasteiger partial charge in [-0.1, -0.05) is 12.1 Å². The maximum absolute atomic E-state index is 13.8. The first-order valence-corrected chi connectivity index (χ1v) is 7.02. The second-order valence-electron chi connectivity index (χ2n) is 5.23. The van der Waals surface area contributed by atoms with Gasteiger partial charge in [0.15, 0.2) is 0 Å². The monoisotopic (exact) mass is 289 g/mol. The van der Waals surface area contributed by atoms with Crippen LogP contribution in [0.3, 0.4) is 0 Å². The molecule has 1 N–H and O–H groups in total. The lowest BCUT2D eigenvalue weighted by Crippen LogP contribution is -2.31. The van der Waals surface area contributed by atoms with Crippen LogP contribution < -0.4 is 10.1 Å². The van der Waals surface area contributed by atoms with Gasteiger partial charge < -0.3 is 10.1 Å². The second-order valence-corrected chi connectivity index (χ2v) is 5.23. The van der Waals surface area contributed by atoms with Crippen LogP contribution in [-0.2, 0) is 12.8 Å². The predicted octanol–water partition coefficient (Wildman–Crippen LogP) is 3.40. The van der Waals surface area contributed by atoms with Gasteiger partial charge in [0.1, 0.15) is 17.4 Å². The van der Waals surface area contributed by atoms with Crippen molar-refractivity contribution >= 4 is 0 Å². The van der Waals surface area contributed by atoms with Gasteiger partial charge in [-0.2, -0.15) is 0 Å². The van der Waals surface area contributed by atoms with Crippen LogP contribution in [0.1, 0.15) is 22.7 Å². The van der Waals surface area contributed by atoms with Crippen LogP contribution in [0.15, 0.2) is 36.4 Å². The highest BCUT2D eigenvalue weighted by Crippen LogP contribution is 2.30. The Kier molecular flexibility index (Phi) is 3.88. The molecule has 110 valence electrons. The summed E-state index contributed by atoms with van der Waals surface area (Å²) >= 11 is 0. The fourth-order valence-electron chi connectivity index (χ4n) is 2.86. The van der Waals surface area contributed by atoms with Crippen LogP contribution >= 0.6 is 0 Å². The highest BCUT2D eigenvalue weighted by Gasteiger charge is 2.23. The van der Waals surface area contributed by atoms with E-state index in [2.05, 4.69) is 5.32 Å². The van der Waals surface area contributed by atoms with Gasteiger partial charge >= 0.3 is 0 Å². The van der Waals surface area contributed by atoms with Crippen LogP contribution in [0.4, 0.5) is 8.78 Å². The van der Waals surface area contributed by atoms with Crippen molar-refractivity contribution in [3.63, 3.8) is 0 Å². The molecule has 2 nitrogen and oxygen atoms in total. The molecule has 0 aliphatic carbocycles. The van der Waals surface area contributed by atoms with Crippen LogP contribution in [0, 0.1) is 11.6 Å².